The van der Waals surface area contributed by atoms with Crippen LogP contribution in [0.4, 0.5) is 0 Å². The number of carbonyl (C=O) groups excluding carboxylic acids is 3. The van der Waals surface area contributed by atoms with Gasteiger partial charge in [0.25, 0.3) is 0 Å². The number of hydrazone groups is 1. The number of rotatable bonds is 5. The Kier molecular flexibility index (Phi) is 5.15. The molecule has 2 rings (SSSR count). The summed E-state index contributed by atoms with van der Waals surface area (Å²) in [4.78, 5) is 36.9. The Morgan fingerprint density at radius 3 is 2.74 bits per heavy atom. The molecule has 1 aliphatic heterocycles. The van der Waals surface area contributed by atoms with E-state index in [0.29, 0.717) is 4.47 Å². The molecular formula is C15H15BrN2O5. The molecule has 1 atom stereocenters. The van der Waals surface area contributed by atoms with Crippen molar-refractivity contribution in [2.75, 3.05) is 13.7 Å². The number of carbonyl (C=O) groups is 3. The van der Waals surface area contributed by atoms with Crippen molar-refractivity contribution in [3.05, 3.63) is 34.3 Å². The molecule has 1 aromatic rings. The monoisotopic (exact) mass is 382 g/mol. The average Bonchev–Trinajstić information content (AvgIpc) is 3.00. The molecule has 0 bridgehead atoms. The van der Waals surface area contributed by atoms with Crippen molar-refractivity contribution in [3.63, 3.8) is 0 Å². The Morgan fingerprint density at radius 1 is 1.39 bits per heavy atom. The van der Waals surface area contributed by atoms with Crippen LogP contribution in [0.1, 0.15) is 23.7 Å². The minimum atomic E-state index is -1.77. The highest BCUT2D eigenvalue weighted by Crippen LogP contribution is 2.26. The van der Waals surface area contributed by atoms with Crippen molar-refractivity contribution in [1.82, 2.24) is 5.43 Å². The maximum absolute atomic E-state index is 12.8. The quantitative estimate of drug-likeness (QED) is 0.470. The number of methoxy groups -OCH3 is 1. The van der Waals surface area contributed by atoms with E-state index in [1.165, 1.54) is 7.11 Å². The molecule has 1 unspecified atom stereocenters. The van der Waals surface area contributed by atoms with E-state index in [-0.39, 0.29) is 24.3 Å². The van der Waals surface area contributed by atoms with Gasteiger partial charge in [0.1, 0.15) is 5.71 Å². The lowest BCUT2D eigenvalue weighted by Gasteiger charge is -2.24. The molecule has 0 saturated heterocycles. The van der Waals surface area contributed by atoms with Crippen LogP contribution in [-0.2, 0) is 19.1 Å². The van der Waals surface area contributed by atoms with Crippen LogP contribution < -0.4 is 5.43 Å². The molecular weight excluding hydrogens is 368 g/mol. The molecule has 1 aromatic carbocycles. The van der Waals surface area contributed by atoms with Gasteiger partial charge >= 0.3 is 11.9 Å². The number of esters is 2. The van der Waals surface area contributed by atoms with E-state index in [4.69, 9.17) is 9.47 Å². The van der Waals surface area contributed by atoms with Crippen molar-refractivity contribution < 1.29 is 23.9 Å². The van der Waals surface area contributed by atoms with Gasteiger partial charge in [-0.25, -0.2) is 9.59 Å². The lowest BCUT2D eigenvalue weighted by atomic mass is 9.86. The second-order valence-electron chi connectivity index (χ2n) is 4.80. The topological polar surface area (TPSA) is 94.1 Å². The maximum Gasteiger partial charge on any atom is 0.354 e. The van der Waals surface area contributed by atoms with E-state index < -0.39 is 23.3 Å². The number of nitrogens with one attached hydrogen (secondary N) is 1. The van der Waals surface area contributed by atoms with Crippen LogP contribution in [0.25, 0.3) is 0 Å². The predicted molar refractivity (Wildman–Crippen MR) is 85.0 cm³/mol. The Morgan fingerprint density at radius 2 is 2.13 bits per heavy atom. The summed E-state index contributed by atoms with van der Waals surface area (Å²) in [6, 6.07) is 6.58. The van der Waals surface area contributed by atoms with E-state index in [1.54, 1.807) is 31.2 Å². The average molecular weight is 383 g/mol. The number of ether oxygens (including phenoxy) is 2. The van der Waals surface area contributed by atoms with E-state index in [0.717, 1.165) is 0 Å². The summed E-state index contributed by atoms with van der Waals surface area (Å²) in [5, 5.41) is 3.80. The molecule has 0 aliphatic carbocycles. The Bertz CT molecular complexity index is 688. The summed E-state index contributed by atoms with van der Waals surface area (Å²) in [5.41, 5.74) is 0.972. The lowest BCUT2D eigenvalue weighted by molar-refractivity contribution is -0.145. The van der Waals surface area contributed by atoms with E-state index in [1.807, 2.05) is 0 Å². The van der Waals surface area contributed by atoms with E-state index in [9.17, 15) is 14.4 Å². The van der Waals surface area contributed by atoms with Gasteiger partial charge in [-0.2, -0.15) is 5.10 Å². The number of ketones is 1. The molecule has 1 heterocycles. The highest BCUT2D eigenvalue weighted by Gasteiger charge is 2.52. The minimum absolute atomic E-state index is 0.0272. The molecule has 0 spiro atoms. The molecule has 0 aromatic heterocycles. The largest absolute Gasteiger partial charge is 0.467 e. The molecule has 1 N–H and O–H groups in total. The summed E-state index contributed by atoms with van der Waals surface area (Å²) in [5.74, 6) is -2.02. The van der Waals surface area contributed by atoms with Crippen LogP contribution in [0, 0.1) is 0 Å². The normalized spacial score (nSPS) is 19.5. The fourth-order valence-electron chi connectivity index (χ4n) is 2.22. The number of benzene rings is 1. The Balaban J connectivity index is 2.34. The first-order valence-electron chi connectivity index (χ1n) is 6.84. The number of halogens is 1. The molecule has 0 amide bonds. The maximum atomic E-state index is 12.8. The standard InChI is InChI=1S/C15H15BrN2O5/c1-3-23-13(20)11-8-15(18-17-11,14(21)22-2)12(19)9-5-4-6-10(16)7-9/h4-7,18H,3,8H2,1-2H3. The molecule has 0 radical (unpaired) electrons. The highest BCUT2D eigenvalue weighted by molar-refractivity contribution is 9.10. The third-order valence-corrected chi connectivity index (χ3v) is 3.83. The van der Waals surface area contributed by atoms with Crippen molar-refractivity contribution in [2.45, 2.75) is 18.9 Å². The van der Waals surface area contributed by atoms with Gasteiger partial charge in [0.2, 0.25) is 11.3 Å². The molecule has 8 heteroatoms. The van der Waals surface area contributed by atoms with Gasteiger partial charge < -0.3 is 9.47 Å². The van der Waals surface area contributed by atoms with Gasteiger partial charge in [0.15, 0.2) is 0 Å². The zero-order valence-electron chi connectivity index (χ0n) is 12.6. The Labute approximate surface area is 141 Å². The van der Waals surface area contributed by atoms with Gasteiger partial charge in [-0.3, -0.25) is 10.2 Å². The summed E-state index contributed by atoms with van der Waals surface area (Å²) >= 11 is 3.27. The smallest absolute Gasteiger partial charge is 0.354 e. The molecule has 1 aliphatic rings. The Hall–Kier alpha value is -2.22. The third-order valence-electron chi connectivity index (χ3n) is 3.33. The van der Waals surface area contributed by atoms with Crippen LogP contribution in [0.2, 0.25) is 0 Å². The summed E-state index contributed by atoms with van der Waals surface area (Å²) < 4.78 is 10.3. The van der Waals surface area contributed by atoms with Crippen LogP contribution in [0.3, 0.4) is 0 Å². The SMILES string of the molecule is CCOC(=O)C1=NNC(C(=O)OC)(C(=O)c2cccc(Br)c2)C1. The second kappa shape index (κ2) is 6.91. The van der Waals surface area contributed by atoms with Gasteiger partial charge in [-0.1, -0.05) is 28.1 Å². The summed E-state index contributed by atoms with van der Waals surface area (Å²) in [7, 11) is 1.17. The van der Waals surface area contributed by atoms with Crippen molar-refractivity contribution in [3.8, 4) is 0 Å². The molecule has 0 fully saturated rings. The number of hydrogen-bond acceptors (Lipinski definition) is 7. The zero-order chi connectivity index (χ0) is 17.0. The van der Waals surface area contributed by atoms with Gasteiger partial charge in [-0.15, -0.1) is 0 Å². The number of hydrogen-bond donors (Lipinski definition) is 1. The van der Waals surface area contributed by atoms with E-state index in [2.05, 4.69) is 26.5 Å². The first-order valence-corrected chi connectivity index (χ1v) is 7.63. The lowest BCUT2D eigenvalue weighted by Crippen LogP contribution is -2.55. The highest BCUT2D eigenvalue weighted by atomic mass is 79.9. The van der Waals surface area contributed by atoms with Crippen LogP contribution >= 0.6 is 15.9 Å². The van der Waals surface area contributed by atoms with Crippen molar-refractivity contribution in [2.24, 2.45) is 5.10 Å². The predicted octanol–water partition coefficient (Wildman–Crippen LogP) is 1.46. The first-order chi connectivity index (χ1) is 10.9. The third kappa shape index (κ3) is 3.26. The molecule has 0 saturated carbocycles. The van der Waals surface area contributed by atoms with Gasteiger partial charge in [-0.05, 0) is 19.1 Å². The van der Waals surface area contributed by atoms with Crippen LogP contribution in [0.5, 0.6) is 0 Å². The van der Waals surface area contributed by atoms with Crippen LogP contribution in [-0.4, -0.2) is 42.7 Å². The molecule has 7 nitrogen and oxygen atoms in total. The number of nitrogens with zero attached hydrogens (tertiary/aromatic N) is 1. The fourth-order valence-corrected chi connectivity index (χ4v) is 2.62. The van der Waals surface area contributed by atoms with Gasteiger partial charge in [0, 0.05) is 16.5 Å². The molecule has 23 heavy (non-hydrogen) atoms. The van der Waals surface area contributed by atoms with Crippen molar-refractivity contribution in [1.29, 1.82) is 0 Å². The fraction of sp³-hybridized carbons (Fsp3) is 0.333. The summed E-state index contributed by atoms with van der Waals surface area (Å²) in [6.45, 7) is 1.82. The first kappa shape index (κ1) is 17.1. The molecule has 122 valence electrons. The zero-order valence-corrected chi connectivity index (χ0v) is 14.2. The second-order valence-corrected chi connectivity index (χ2v) is 5.72. The van der Waals surface area contributed by atoms with Crippen molar-refractivity contribution >= 4 is 39.4 Å². The summed E-state index contributed by atoms with van der Waals surface area (Å²) in [6.07, 6.45) is -0.232. The minimum Gasteiger partial charge on any atom is -0.467 e. The van der Waals surface area contributed by atoms with Gasteiger partial charge in [0.05, 0.1) is 13.7 Å². The number of Topliss-reactive ketones (excluding diaryl/α,β-unsaturated/α-hetero) is 1. The van der Waals surface area contributed by atoms with E-state index >= 15 is 0 Å². The van der Waals surface area contributed by atoms with Crippen LogP contribution in [0.15, 0.2) is 33.8 Å².